The first-order chi connectivity index (χ1) is 13.8. The van der Waals surface area contributed by atoms with Gasteiger partial charge in [0, 0.05) is 6.08 Å². The lowest BCUT2D eigenvalue weighted by Gasteiger charge is -2.18. The van der Waals surface area contributed by atoms with Gasteiger partial charge in [0.15, 0.2) is 0 Å². The lowest BCUT2D eigenvalue weighted by Crippen LogP contribution is -2.23. The second-order valence-electron chi connectivity index (χ2n) is 9.50. The Morgan fingerprint density at radius 3 is 1.47 bits per heavy atom. The SMILES string of the molecule is CC(C)CC(C)OC(=O)C=C(CC(=O)OC(C)CC(C)C)C(=O)OC(C)CC(C)C. The fourth-order valence-corrected chi connectivity index (χ4v) is 3.37. The van der Waals surface area contributed by atoms with Gasteiger partial charge >= 0.3 is 17.9 Å². The Hall–Kier alpha value is -1.85. The molecule has 0 rings (SSSR count). The minimum atomic E-state index is -0.690. The van der Waals surface area contributed by atoms with E-state index in [-0.39, 0.29) is 30.3 Å². The van der Waals surface area contributed by atoms with Crippen LogP contribution in [0.3, 0.4) is 0 Å². The average Bonchev–Trinajstić information content (AvgIpc) is 2.50. The predicted octanol–water partition coefficient (Wildman–Crippen LogP) is 5.24. The molecule has 0 aromatic carbocycles. The minimum Gasteiger partial charge on any atom is -0.462 e. The summed E-state index contributed by atoms with van der Waals surface area (Å²) < 4.78 is 16.2. The Kier molecular flexibility index (Phi) is 13.3. The molecule has 0 bridgehead atoms. The van der Waals surface area contributed by atoms with Gasteiger partial charge in [-0.05, 0) is 57.8 Å². The van der Waals surface area contributed by atoms with Gasteiger partial charge < -0.3 is 14.2 Å². The van der Waals surface area contributed by atoms with Crippen molar-refractivity contribution in [2.45, 2.75) is 106 Å². The highest BCUT2D eigenvalue weighted by Gasteiger charge is 2.23. The van der Waals surface area contributed by atoms with E-state index >= 15 is 0 Å². The molecule has 3 atom stereocenters. The van der Waals surface area contributed by atoms with Crippen LogP contribution in [0, 0.1) is 17.8 Å². The van der Waals surface area contributed by atoms with Gasteiger partial charge in [-0.1, -0.05) is 41.5 Å². The molecule has 0 heterocycles. The number of rotatable bonds is 13. The van der Waals surface area contributed by atoms with Crippen LogP contribution in [-0.4, -0.2) is 36.2 Å². The zero-order chi connectivity index (χ0) is 23.4. The largest absolute Gasteiger partial charge is 0.462 e. The average molecular weight is 427 g/mol. The first-order valence-corrected chi connectivity index (χ1v) is 11.1. The third kappa shape index (κ3) is 14.2. The molecule has 6 nitrogen and oxygen atoms in total. The highest BCUT2D eigenvalue weighted by Crippen LogP contribution is 2.16. The monoisotopic (exact) mass is 426 g/mol. The first kappa shape index (κ1) is 28.1. The van der Waals surface area contributed by atoms with Gasteiger partial charge in [0.1, 0.15) is 0 Å². The van der Waals surface area contributed by atoms with Gasteiger partial charge in [-0.25, -0.2) is 9.59 Å². The minimum absolute atomic E-state index is 0.0471. The van der Waals surface area contributed by atoms with Gasteiger partial charge in [0.05, 0.1) is 30.3 Å². The number of hydrogen-bond donors (Lipinski definition) is 0. The lowest BCUT2D eigenvalue weighted by atomic mass is 10.1. The predicted molar refractivity (Wildman–Crippen MR) is 118 cm³/mol. The fraction of sp³-hybridized carbons (Fsp3) is 0.792. The normalized spacial score (nSPS) is 15.1. The number of ether oxygens (including phenoxy) is 3. The maximum atomic E-state index is 12.6. The molecular formula is C24H42O6. The molecule has 0 spiro atoms. The Labute approximate surface area is 182 Å². The van der Waals surface area contributed by atoms with Gasteiger partial charge in [0.2, 0.25) is 0 Å². The van der Waals surface area contributed by atoms with E-state index in [2.05, 4.69) is 0 Å². The number of carbonyl (C=O) groups excluding carboxylic acids is 3. The molecule has 0 aliphatic rings. The number of hydrogen-bond acceptors (Lipinski definition) is 6. The zero-order valence-electron chi connectivity index (χ0n) is 20.3. The molecular weight excluding hydrogens is 384 g/mol. The van der Waals surface area contributed by atoms with Gasteiger partial charge in [-0.2, -0.15) is 0 Å². The van der Waals surface area contributed by atoms with Crippen molar-refractivity contribution in [3.05, 3.63) is 11.6 Å². The van der Waals surface area contributed by atoms with Crippen LogP contribution in [-0.2, 0) is 28.6 Å². The van der Waals surface area contributed by atoms with Crippen LogP contribution in [0.25, 0.3) is 0 Å². The maximum absolute atomic E-state index is 12.6. The van der Waals surface area contributed by atoms with E-state index in [1.54, 1.807) is 13.8 Å². The zero-order valence-corrected chi connectivity index (χ0v) is 20.3. The van der Waals surface area contributed by atoms with E-state index in [0.29, 0.717) is 30.6 Å². The van der Waals surface area contributed by atoms with E-state index in [1.165, 1.54) is 0 Å². The summed E-state index contributed by atoms with van der Waals surface area (Å²) in [5.74, 6) is -0.813. The quantitative estimate of drug-likeness (QED) is 0.228. The van der Waals surface area contributed by atoms with Crippen molar-refractivity contribution in [1.82, 2.24) is 0 Å². The second-order valence-corrected chi connectivity index (χ2v) is 9.50. The molecule has 3 unspecified atom stereocenters. The molecule has 0 saturated heterocycles. The van der Waals surface area contributed by atoms with E-state index in [1.807, 2.05) is 48.5 Å². The number of carbonyl (C=O) groups is 3. The molecule has 0 aromatic rings. The van der Waals surface area contributed by atoms with E-state index in [9.17, 15) is 14.4 Å². The van der Waals surface area contributed by atoms with Gasteiger partial charge in [0.25, 0.3) is 0 Å². The molecule has 174 valence electrons. The molecule has 0 aliphatic heterocycles. The van der Waals surface area contributed by atoms with Crippen molar-refractivity contribution < 1.29 is 28.6 Å². The summed E-state index contributed by atoms with van der Waals surface area (Å²) >= 11 is 0. The lowest BCUT2D eigenvalue weighted by molar-refractivity contribution is -0.152. The van der Waals surface area contributed by atoms with Crippen molar-refractivity contribution in [1.29, 1.82) is 0 Å². The van der Waals surface area contributed by atoms with Crippen molar-refractivity contribution in [2.24, 2.45) is 17.8 Å². The maximum Gasteiger partial charge on any atom is 0.335 e. The highest BCUT2D eigenvalue weighted by atomic mass is 16.6. The fourth-order valence-electron chi connectivity index (χ4n) is 3.37. The highest BCUT2D eigenvalue weighted by molar-refractivity contribution is 5.99. The van der Waals surface area contributed by atoms with Crippen LogP contribution >= 0.6 is 0 Å². The van der Waals surface area contributed by atoms with Crippen LogP contribution < -0.4 is 0 Å². The molecule has 0 N–H and O–H groups in total. The third-order valence-electron chi connectivity index (χ3n) is 4.26. The van der Waals surface area contributed by atoms with Crippen LogP contribution in [0.2, 0.25) is 0 Å². The molecule has 0 fully saturated rings. The summed E-state index contributed by atoms with van der Waals surface area (Å²) in [6, 6.07) is 0. The van der Waals surface area contributed by atoms with Crippen LogP contribution in [0.4, 0.5) is 0 Å². The van der Waals surface area contributed by atoms with E-state index in [0.717, 1.165) is 12.5 Å². The number of esters is 3. The summed E-state index contributed by atoms with van der Waals surface area (Å²) in [5.41, 5.74) is -0.0471. The van der Waals surface area contributed by atoms with Crippen molar-refractivity contribution in [3.63, 3.8) is 0 Å². The summed E-state index contributed by atoms with van der Waals surface area (Å²) in [6.07, 6.45) is 1.96. The van der Waals surface area contributed by atoms with E-state index < -0.39 is 17.9 Å². The van der Waals surface area contributed by atoms with Crippen molar-refractivity contribution in [2.75, 3.05) is 0 Å². The van der Waals surface area contributed by atoms with Gasteiger partial charge in [-0.15, -0.1) is 0 Å². The Balaban J connectivity index is 5.26. The molecule has 0 saturated carbocycles. The standard InChI is InChI=1S/C24H42O6/c1-15(2)10-18(7)28-22(25)13-21(24(27)30-20(9)12-17(5)6)14-23(26)29-19(8)11-16(3)4/h13,15-20H,10-12,14H2,1-9H3. The van der Waals surface area contributed by atoms with Crippen molar-refractivity contribution in [3.8, 4) is 0 Å². The van der Waals surface area contributed by atoms with Crippen LogP contribution in [0.15, 0.2) is 11.6 Å². The third-order valence-corrected chi connectivity index (χ3v) is 4.26. The smallest absolute Gasteiger partial charge is 0.335 e. The molecule has 6 heteroatoms. The molecule has 0 aliphatic carbocycles. The topological polar surface area (TPSA) is 78.9 Å². The Bertz CT molecular complexity index is 576. The second kappa shape index (κ2) is 14.2. The summed E-state index contributed by atoms with van der Waals surface area (Å²) in [4.78, 5) is 37.3. The molecule has 0 radical (unpaired) electrons. The molecule has 30 heavy (non-hydrogen) atoms. The van der Waals surface area contributed by atoms with Crippen molar-refractivity contribution >= 4 is 17.9 Å². The van der Waals surface area contributed by atoms with E-state index in [4.69, 9.17) is 14.2 Å². The summed E-state index contributed by atoms with van der Waals surface area (Å²) in [7, 11) is 0. The molecule has 0 aromatic heterocycles. The summed E-state index contributed by atoms with van der Waals surface area (Å²) in [5, 5.41) is 0. The van der Waals surface area contributed by atoms with Crippen LogP contribution in [0.5, 0.6) is 0 Å². The first-order valence-electron chi connectivity index (χ1n) is 11.1. The molecule has 0 amide bonds. The Morgan fingerprint density at radius 1 is 0.633 bits per heavy atom. The summed E-state index contributed by atoms with van der Waals surface area (Å²) in [6.45, 7) is 17.6. The van der Waals surface area contributed by atoms with Gasteiger partial charge in [-0.3, -0.25) is 4.79 Å². The Morgan fingerprint density at radius 2 is 1.03 bits per heavy atom. The van der Waals surface area contributed by atoms with Crippen LogP contribution in [0.1, 0.15) is 88.0 Å².